The molecule has 0 unspecified atom stereocenters. The first-order valence-electron chi connectivity index (χ1n) is 8.95. The lowest BCUT2D eigenvalue weighted by Gasteiger charge is -2.10. The molecule has 0 amide bonds. The van der Waals surface area contributed by atoms with E-state index in [1.807, 2.05) is 0 Å². The first kappa shape index (κ1) is 20.6. The average molecular weight is 376 g/mol. The highest BCUT2D eigenvalue weighted by Crippen LogP contribution is 2.19. The fourth-order valence-electron chi connectivity index (χ4n) is 2.54. The lowest BCUT2D eigenvalue weighted by Crippen LogP contribution is -2.16. The maximum Gasteiger partial charge on any atom is 0.344 e. The minimum atomic E-state index is -0.893. The van der Waals surface area contributed by atoms with Crippen LogP contribution in [0, 0.1) is 11.6 Å². The molecule has 0 saturated carbocycles. The summed E-state index contributed by atoms with van der Waals surface area (Å²) in [6, 6.07) is 8.44. The van der Waals surface area contributed by atoms with Crippen LogP contribution in [0.4, 0.5) is 8.78 Å². The van der Waals surface area contributed by atoms with Crippen molar-refractivity contribution in [1.29, 1.82) is 0 Å². The van der Waals surface area contributed by atoms with Gasteiger partial charge in [0.05, 0.1) is 17.7 Å². The van der Waals surface area contributed by atoms with Crippen LogP contribution in [-0.4, -0.2) is 18.5 Å². The highest BCUT2D eigenvalue weighted by Gasteiger charge is 2.20. The molecule has 0 fully saturated rings. The number of unbranched alkanes of at least 4 members (excludes halogenated alkanes) is 4. The number of halogens is 2. The van der Waals surface area contributed by atoms with Gasteiger partial charge in [-0.2, -0.15) is 0 Å². The summed E-state index contributed by atoms with van der Waals surface area (Å²) in [6.07, 6.45) is 5.08. The van der Waals surface area contributed by atoms with Gasteiger partial charge in [0.1, 0.15) is 17.4 Å². The molecule has 6 heteroatoms. The van der Waals surface area contributed by atoms with Gasteiger partial charge in [0, 0.05) is 18.2 Å². The number of benzene rings is 2. The van der Waals surface area contributed by atoms with E-state index in [0.29, 0.717) is 6.07 Å². The molecule has 0 aliphatic rings. The number of rotatable bonds is 9. The second-order valence-corrected chi connectivity index (χ2v) is 6.09. The Balaban J connectivity index is 2.01. The van der Waals surface area contributed by atoms with Gasteiger partial charge in [-0.1, -0.05) is 44.7 Å². The van der Waals surface area contributed by atoms with Crippen molar-refractivity contribution in [3.8, 4) is 5.75 Å². The molecule has 0 atom stereocenters. The molecule has 0 spiro atoms. The van der Waals surface area contributed by atoms with E-state index >= 15 is 0 Å². The van der Waals surface area contributed by atoms with E-state index in [9.17, 15) is 18.4 Å². The van der Waals surface area contributed by atoms with Crippen molar-refractivity contribution < 1.29 is 27.8 Å². The van der Waals surface area contributed by atoms with Gasteiger partial charge in [-0.15, -0.1) is 0 Å². The van der Waals surface area contributed by atoms with Crippen LogP contribution in [0.15, 0.2) is 42.5 Å². The molecular formula is C21H22F2O4. The predicted molar refractivity (Wildman–Crippen MR) is 96.8 cm³/mol. The molecule has 2 aromatic rings. The third-order valence-electron chi connectivity index (χ3n) is 3.89. The number of carbonyl (C=O) groups excluding carboxylic acids is 2. The minimum absolute atomic E-state index is 0.0295. The van der Waals surface area contributed by atoms with Gasteiger partial charge in [-0.3, -0.25) is 0 Å². The van der Waals surface area contributed by atoms with Gasteiger partial charge < -0.3 is 9.47 Å². The smallest absolute Gasteiger partial charge is 0.344 e. The zero-order valence-corrected chi connectivity index (χ0v) is 15.2. The zero-order chi connectivity index (χ0) is 19.6. The van der Waals surface area contributed by atoms with E-state index in [-0.39, 0.29) is 23.5 Å². The third kappa shape index (κ3) is 6.47. The van der Waals surface area contributed by atoms with E-state index in [2.05, 4.69) is 6.92 Å². The molecule has 0 radical (unpaired) electrons. The molecule has 4 nitrogen and oxygen atoms in total. The number of ether oxygens (including phenoxy) is 2. The lowest BCUT2D eigenvalue weighted by molar-refractivity contribution is 0.0489. The van der Waals surface area contributed by atoms with E-state index in [0.717, 1.165) is 44.2 Å². The highest BCUT2D eigenvalue weighted by atomic mass is 19.1. The van der Waals surface area contributed by atoms with Crippen LogP contribution < -0.4 is 4.74 Å². The van der Waals surface area contributed by atoms with Gasteiger partial charge in [0.15, 0.2) is 0 Å². The zero-order valence-electron chi connectivity index (χ0n) is 15.2. The number of carbonyl (C=O) groups is 2. The van der Waals surface area contributed by atoms with Crippen LogP contribution in [-0.2, 0) is 4.74 Å². The lowest BCUT2D eigenvalue weighted by atomic mass is 10.1. The van der Waals surface area contributed by atoms with Crippen molar-refractivity contribution in [3.05, 3.63) is 65.2 Å². The monoisotopic (exact) mass is 376 g/mol. The van der Waals surface area contributed by atoms with Crippen molar-refractivity contribution in [2.45, 2.75) is 39.0 Å². The standard InChI is InChI=1S/C21H22F2O4/c1-2-3-4-5-8-11-26-20(24)18-9-6-7-10-19(18)21(25)27-17-13-15(22)12-16(23)14-17/h6-7,9-10,12-14H,2-5,8,11H2,1H3. The number of hydrogen-bond donors (Lipinski definition) is 0. The topological polar surface area (TPSA) is 52.6 Å². The summed E-state index contributed by atoms with van der Waals surface area (Å²) >= 11 is 0. The van der Waals surface area contributed by atoms with Crippen LogP contribution in [0.2, 0.25) is 0 Å². The highest BCUT2D eigenvalue weighted by molar-refractivity contribution is 6.03. The van der Waals surface area contributed by atoms with E-state index in [4.69, 9.17) is 9.47 Å². The molecule has 0 aliphatic carbocycles. The summed E-state index contributed by atoms with van der Waals surface area (Å²) in [5, 5.41) is 0. The van der Waals surface area contributed by atoms with Crippen molar-refractivity contribution in [1.82, 2.24) is 0 Å². The van der Waals surface area contributed by atoms with E-state index in [1.165, 1.54) is 12.1 Å². The molecule has 0 saturated heterocycles. The number of hydrogen-bond acceptors (Lipinski definition) is 4. The SMILES string of the molecule is CCCCCCCOC(=O)c1ccccc1C(=O)Oc1cc(F)cc(F)c1. The minimum Gasteiger partial charge on any atom is -0.462 e. The maximum absolute atomic E-state index is 13.2. The van der Waals surface area contributed by atoms with E-state index in [1.54, 1.807) is 12.1 Å². The van der Waals surface area contributed by atoms with E-state index < -0.39 is 23.6 Å². The predicted octanol–water partition coefficient (Wildman–Crippen LogP) is 5.31. The molecule has 2 aromatic carbocycles. The van der Waals surface area contributed by atoms with Gasteiger partial charge in [0.2, 0.25) is 0 Å². The Hall–Kier alpha value is -2.76. The Morgan fingerprint density at radius 2 is 1.44 bits per heavy atom. The second kappa shape index (κ2) is 10.4. The molecule has 0 bridgehead atoms. The summed E-state index contributed by atoms with van der Waals surface area (Å²) in [5.74, 6) is -3.54. The molecule has 0 heterocycles. The van der Waals surface area contributed by atoms with Gasteiger partial charge >= 0.3 is 11.9 Å². The fraction of sp³-hybridized carbons (Fsp3) is 0.333. The Morgan fingerprint density at radius 3 is 2.07 bits per heavy atom. The molecule has 0 N–H and O–H groups in total. The molecule has 27 heavy (non-hydrogen) atoms. The summed E-state index contributed by atoms with van der Waals surface area (Å²) in [5.41, 5.74) is 0.0195. The van der Waals surface area contributed by atoms with Crippen LogP contribution in [0.25, 0.3) is 0 Å². The van der Waals surface area contributed by atoms with Crippen molar-refractivity contribution in [2.75, 3.05) is 6.61 Å². The molecule has 2 rings (SSSR count). The molecular weight excluding hydrogens is 354 g/mol. The Morgan fingerprint density at radius 1 is 0.852 bits per heavy atom. The van der Waals surface area contributed by atoms with Gasteiger partial charge in [0.25, 0.3) is 0 Å². The van der Waals surface area contributed by atoms with Crippen molar-refractivity contribution in [3.63, 3.8) is 0 Å². The largest absolute Gasteiger partial charge is 0.462 e. The normalized spacial score (nSPS) is 10.5. The second-order valence-electron chi connectivity index (χ2n) is 6.09. The summed E-state index contributed by atoms with van der Waals surface area (Å²) in [6.45, 7) is 2.38. The van der Waals surface area contributed by atoms with Crippen molar-refractivity contribution >= 4 is 11.9 Å². The average Bonchev–Trinajstić information content (AvgIpc) is 2.63. The molecule has 144 valence electrons. The Labute approximate surface area is 157 Å². The molecule has 0 aromatic heterocycles. The maximum atomic E-state index is 13.2. The quantitative estimate of drug-likeness (QED) is 0.338. The van der Waals surface area contributed by atoms with Crippen LogP contribution in [0.5, 0.6) is 5.75 Å². The van der Waals surface area contributed by atoms with Gasteiger partial charge in [-0.25, -0.2) is 18.4 Å². The third-order valence-corrected chi connectivity index (χ3v) is 3.89. The number of esters is 2. The Kier molecular flexibility index (Phi) is 7.92. The molecule has 0 aliphatic heterocycles. The Bertz CT molecular complexity index is 769. The summed E-state index contributed by atoms with van der Waals surface area (Å²) in [4.78, 5) is 24.6. The van der Waals surface area contributed by atoms with Crippen molar-refractivity contribution in [2.24, 2.45) is 0 Å². The first-order chi connectivity index (χ1) is 13.0. The van der Waals surface area contributed by atoms with Crippen LogP contribution in [0.1, 0.15) is 59.7 Å². The van der Waals surface area contributed by atoms with Crippen LogP contribution in [0.3, 0.4) is 0 Å². The van der Waals surface area contributed by atoms with Gasteiger partial charge in [-0.05, 0) is 18.6 Å². The summed E-state index contributed by atoms with van der Waals surface area (Å²) in [7, 11) is 0. The first-order valence-corrected chi connectivity index (χ1v) is 8.95. The summed E-state index contributed by atoms with van der Waals surface area (Å²) < 4.78 is 36.7. The fourth-order valence-corrected chi connectivity index (χ4v) is 2.54. The van der Waals surface area contributed by atoms with Crippen LogP contribution >= 0.6 is 0 Å².